The molecule has 1 saturated heterocycles. The molecule has 1 aliphatic heterocycles. The molecule has 108 valence electrons. The van der Waals surface area contributed by atoms with Gasteiger partial charge in [0.05, 0.1) is 6.04 Å². The summed E-state index contributed by atoms with van der Waals surface area (Å²) >= 11 is 0. The van der Waals surface area contributed by atoms with Crippen molar-refractivity contribution >= 4 is 5.57 Å². The van der Waals surface area contributed by atoms with E-state index < -0.39 is 0 Å². The third-order valence-electron chi connectivity index (χ3n) is 4.81. The van der Waals surface area contributed by atoms with Crippen molar-refractivity contribution in [2.24, 2.45) is 0 Å². The fourth-order valence-corrected chi connectivity index (χ4v) is 3.74. The highest BCUT2D eigenvalue weighted by molar-refractivity contribution is 5.78. The van der Waals surface area contributed by atoms with E-state index in [2.05, 4.69) is 58.8 Å². The van der Waals surface area contributed by atoms with E-state index in [4.69, 9.17) is 0 Å². The maximum absolute atomic E-state index is 3.46. The van der Waals surface area contributed by atoms with Crippen molar-refractivity contribution in [3.8, 4) is 0 Å². The molecule has 2 heteroatoms. The predicted octanol–water partition coefficient (Wildman–Crippen LogP) is 3.31. The first kappa shape index (κ1) is 13.1. The second-order valence-electron chi connectivity index (χ2n) is 6.05. The van der Waals surface area contributed by atoms with Crippen molar-refractivity contribution in [3.63, 3.8) is 0 Å². The molecule has 2 aliphatic carbocycles. The van der Waals surface area contributed by atoms with E-state index in [9.17, 15) is 0 Å². The lowest BCUT2D eigenvalue weighted by molar-refractivity contribution is 0.203. The molecule has 0 spiro atoms. The highest BCUT2D eigenvalue weighted by atomic mass is 15.2. The van der Waals surface area contributed by atoms with Crippen molar-refractivity contribution in [1.29, 1.82) is 0 Å². The van der Waals surface area contributed by atoms with Crippen LogP contribution in [-0.4, -0.2) is 31.1 Å². The molecular formula is C19H22N2. The Hall–Kier alpha value is -1.64. The molecule has 4 rings (SSSR count). The van der Waals surface area contributed by atoms with Gasteiger partial charge < -0.3 is 5.32 Å². The molecule has 2 nitrogen and oxygen atoms in total. The van der Waals surface area contributed by atoms with Gasteiger partial charge in [0.15, 0.2) is 0 Å². The van der Waals surface area contributed by atoms with Crippen LogP contribution in [0.15, 0.2) is 54.1 Å². The number of hydrogen-bond acceptors (Lipinski definition) is 2. The third-order valence-corrected chi connectivity index (χ3v) is 4.81. The molecule has 1 heterocycles. The molecule has 0 aromatic heterocycles. The van der Waals surface area contributed by atoms with Crippen LogP contribution in [-0.2, 0) is 0 Å². The highest BCUT2D eigenvalue weighted by Crippen LogP contribution is 2.38. The second kappa shape index (κ2) is 5.63. The van der Waals surface area contributed by atoms with Gasteiger partial charge in [-0.2, -0.15) is 0 Å². The van der Waals surface area contributed by atoms with Gasteiger partial charge in [0.2, 0.25) is 0 Å². The zero-order chi connectivity index (χ0) is 14.1. The Bertz CT molecular complexity index is 618. The summed E-state index contributed by atoms with van der Waals surface area (Å²) in [5.74, 6) is 0. The maximum Gasteiger partial charge on any atom is 0.0541 e. The zero-order valence-electron chi connectivity index (χ0n) is 12.4. The van der Waals surface area contributed by atoms with E-state index in [-0.39, 0.29) is 0 Å². The Balaban J connectivity index is 1.80. The van der Waals surface area contributed by atoms with Gasteiger partial charge in [0.1, 0.15) is 0 Å². The van der Waals surface area contributed by atoms with Gasteiger partial charge in [-0.05, 0) is 35.1 Å². The number of piperazine rings is 1. The number of nitrogens with zero attached hydrogens (tertiary/aromatic N) is 1. The Morgan fingerprint density at radius 1 is 1.05 bits per heavy atom. The number of nitrogens with one attached hydrogen (secondary N) is 1. The molecule has 1 aromatic rings. The smallest absolute Gasteiger partial charge is 0.0541 e. The van der Waals surface area contributed by atoms with E-state index in [0.717, 1.165) is 26.2 Å². The van der Waals surface area contributed by atoms with Crippen LogP contribution in [0.25, 0.3) is 5.57 Å². The van der Waals surface area contributed by atoms with Crippen LogP contribution in [0.5, 0.6) is 0 Å². The van der Waals surface area contributed by atoms with Crippen LogP contribution >= 0.6 is 0 Å². The summed E-state index contributed by atoms with van der Waals surface area (Å²) < 4.78 is 0. The minimum absolute atomic E-state index is 0.419. The number of benzene rings is 1. The van der Waals surface area contributed by atoms with Gasteiger partial charge >= 0.3 is 0 Å². The highest BCUT2D eigenvalue weighted by Gasteiger charge is 2.25. The standard InChI is InChI=1S/C19H22N2/c1-2-6-16-15(5-1)9-10-19(21-13-11-20-12-14-21)18-8-4-3-7-17(16)18/h1,3-5,7-10,19-20H,2,6,11-14H2. The van der Waals surface area contributed by atoms with E-state index in [1.165, 1.54) is 35.1 Å². The summed E-state index contributed by atoms with van der Waals surface area (Å²) in [6, 6.07) is 9.42. The van der Waals surface area contributed by atoms with Crippen LogP contribution < -0.4 is 5.32 Å². The first-order valence-electron chi connectivity index (χ1n) is 8.05. The van der Waals surface area contributed by atoms with Gasteiger partial charge in [0, 0.05) is 26.2 Å². The molecule has 1 unspecified atom stereocenters. The van der Waals surface area contributed by atoms with E-state index in [0.29, 0.717) is 6.04 Å². The Morgan fingerprint density at radius 3 is 2.81 bits per heavy atom. The molecule has 21 heavy (non-hydrogen) atoms. The summed E-state index contributed by atoms with van der Waals surface area (Å²) in [5.41, 5.74) is 5.88. The van der Waals surface area contributed by atoms with Crippen molar-refractivity contribution in [2.75, 3.05) is 26.2 Å². The summed E-state index contributed by atoms with van der Waals surface area (Å²) in [5, 5.41) is 3.46. The maximum atomic E-state index is 3.46. The molecule has 1 aromatic carbocycles. The average Bonchev–Trinajstić information content (AvgIpc) is 2.73. The zero-order valence-corrected chi connectivity index (χ0v) is 12.4. The van der Waals surface area contributed by atoms with E-state index in [1.54, 1.807) is 0 Å². The number of fused-ring (bicyclic) bond motifs is 2. The van der Waals surface area contributed by atoms with Crippen molar-refractivity contribution in [3.05, 3.63) is 65.3 Å². The fraction of sp³-hybridized carbons (Fsp3) is 0.368. The summed E-state index contributed by atoms with van der Waals surface area (Å²) in [7, 11) is 0. The van der Waals surface area contributed by atoms with Crippen molar-refractivity contribution < 1.29 is 0 Å². The lowest BCUT2D eigenvalue weighted by atomic mass is 9.89. The average molecular weight is 278 g/mol. The van der Waals surface area contributed by atoms with Gasteiger partial charge in [-0.3, -0.25) is 4.90 Å². The lowest BCUT2D eigenvalue weighted by Crippen LogP contribution is -2.44. The molecule has 1 N–H and O–H groups in total. The molecule has 0 radical (unpaired) electrons. The van der Waals surface area contributed by atoms with Crippen LogP contribution in [0.1, 0.15) is 30.0 Å². The molecule has 0 amide bonds. The van der Waals surface area contributed by atoms with Crippen LogP contribution in [0.4, 0.5) is 0 Å². The van der Waals surface area contributed by atoms with Gasteiger partial charge in [-0.1, -0.05) is 48.6 Å². The van der Waals surface area contributed by atoms with Gasteiger partial charge in [0.25, 0.3) is 0 Å². The van der Waals surface area contributed by atoms with Crippen LogP contribution in [0.3, 0.4) is 0 Å². The SMILES string of the molecule is C1=CC2=C(CC1)c1ccccc1C(N1CCNCC1)C=C2. The largest absolute Gasteiger partial charge is 0.314 e. The van der Waals surface area contributed by atoms with Gasteiger partial charge in [-0.15, -0.1) is 0 Å². The van der Waals surface area contributed by atoms with E-state index in [1.807, 2.05) is 0 Å². The predicted molar refractivity (Wildman–Crippen MR) is 88.1 cm³/mol. The number of rotatable bonds is 1. The quantitative estimate of drug-likeness (QED) is 0.848. The minimum Gasteiger partial charge on any atom is -0.314 e. The fourth-order valence-electron chi connectivity index (χ4n) is 3.74. The Morgan fingerprint density at radius 2 is 1.90 bits per heavy atom. The number of allylic oxidation sites excluding steroid dienone is 5. The minimum atomic E-state index is 0.419. The van der Waals surface area contributed by atoms with Crippen LogP contribution in [0, 0.1) is 0 Å². The molecular weight excluding hydrogens is 256 g/mol. The van der Waals surface area contributed by atoms with Gasteiger partial charge in [-0.25, -0.2) is 0 Å². The van der Waals surface area contributed by atoms with E-state index >= 15 is 0 Å². The normalized spacial score (nSPS) is 25.4. The third kappa shape index (κ3) is 2.39. The second-order valence-corrected chi connectivity index (χ2v) is 6.05. The molecule has 1 fully saturated rings. The molecule has 0 bridgehead atoms. The molecule has 1 atom stereocenters. The first-order valence-corrected chi connectivity index (χ1v) is 8.05. The summed E-state index contributed by atoms with van der Waals surface area (Å²) in [6.07, 6.45) is 11.7. The Kier molecular flexibility index (Phi) is 3.50. The Labute approximate surface area is 126 Å². The topological polar surface area (TPSA) is 15.3 Å². The monoisotopic (exact) mass is 278 g/mol. The van der Waals surface area contributed by atoms with Crippen molar-refractivity contribution in [2.45, 2.75) is 18.9 Å². The summed E-state index contributed by atoms with van der Waals surface area (Å²) in [6.45, 7) is 4.45. The first-order chi connectivity index (χ1) is 10.4. The van der Waals surface area contributed by atoms with Crippen molar-refractivity contribution in [1.82, 2.24) is 10.2 Å². The summed E-state index contributed by atoms with van der Waals surface area (Å²) in [4.78, 5) is 2.61. The number of hydrogen-bond donors (Lipinski definition) is 1. The molecule has 0 saturated carbocycles. The van der Waals surface area contributed by atoms with Crippen LogP contribution in [0.2, 0.25) is 0 Å². The lowest BCUT2D eigenvalue weighted by Gasteiger charge is -2.34. The molecule has 3 aliphatic rings.